The maximum Gasteiger partial charge on any atom is 0.00486 e. The maximum absolute atomic E-state index is 4.31. The molecule has 0 aliphatic heterocycles. The second-order valence-electron chi connectivity index (χ2n) is 3.20. The minimum atomic E-state index is -0.184. The highest BCUT2D eigenvalue weighted by atomic mass is 33.1. The van der Waals surface area contributed by atoms with Crippen molar-refractivity contribution in [1.29, 1.82) is 0 Å². The quantitative estimate of drug-likeness (QED) is 0.316. The Kier molecular flexibility index (Phi) is 10.3. The normalized spacial score (nSPS) is 14.8. The first-order valence-corrected chi connectivity index (χ1v) is 7.87. The average Bonchev–Trinajstić information content (AvgIpc) is 2.02. The highest BCUT2D eigenvalue weighted by Crippen LogP contribution is 2.18. The van der Waals surface area contributed by atoms with Crippen LogP contribution < -0.4 is 4.72 Å². The van der Waals surface area contributed by atoms with Gasteiger partial charge in [-0.25, -0.2) is 0 Å². The minimum Gasteiger partial charge on any atom is -0.275 e. The lowest BCUT2D eigenvalue weighted by molar-refractivity contribution is 0.606. The van der Waals surface area contributed by atoms with E-state index in [1.54, 1.807) is 0 Å². The number of hydrogen-bond acceptors (Lipinski definition) is 2. The van der Waals surface area contributed by atoms with Gasteiger partial charge in [-0.15, -0.1) is 11.7 Å². The molecule has 1 unspecified atom stereocenters. The minimum absolute atomic E-state index is 0.184. The van der Waals surface area contributed by atoms with Gasteiger partial charge in [0.05, 0.1) is 0 Å². The van der Waals surface area contributed by atoms with Gasteiger partial charge in [0.2, 0.25) is 0 Å². The smallest absolute Gasteiger partial charge is 0.00486 e. The molecular formula is C9H23NS2. The third-order valence-corrected chi connectivity index (χ3v) is 2.98. The topological polar surface area (TPSA) is 12.0 Å². The molecule has 0 spiro atoms. The van der Waals surface area contributed by atoms with Crippen molar-refractivity contribution in [3.8, 4) is 0 Å². The van der Waals surface area contributed by atoms with E-state index in [2.05, 4.69) is 29.6 Å². The number of unbranched alkanes of at least 4 members (excludes halogenated alkanes) is 5. The molecule has 0 radical (unpaired) electrons. The third-order valence-electron chi connectivity index (χ3n) is 1.87. The van der Waals surface area contributed by atoms with Crippen molar-refractivity contribution < 1.29 is 0 Å². The summed E-state index contributed by atoms with van der Waals surface area (Å²) in [7, 11) is -0.184. The monoisotopic (exact) mass is 209 g/mol. The van der Waals surface area contributed by atoms with E-state index in [-0.39, 0.29) is 10.1 Å². The summed E-state index contributed by atoms with van der Waals surface area (Å²) in [5, 5.41) is 0. The van der Waals surface area contributed by atoms with Gasteiger partial charge in [0.25, 0.3) is 0 Å². The van der Waals surface area contributed by atoms with Crippen molar-refractivity contribution in [2.75, 3.05) is 12.8 Å². The summed E-state index contributed by atoms with van der Waals surface area (Å²) < 4.78 is 3.37. The Morgan fingerprint density at radius 3 is 2.25 bits per heavy atom. The zero-order chi connectivity index (χ0) is 9.23. The molecule has 0 fully saturated rings. The van der Waals surface area contributed by atoms with E-state index in [0.29, 0.717) is 0 Å². The molecule has 0 heterocycles. The van der Waals surface area contributed by atoms with Crippen LogP contribution in [-0.4, -0.2) is 12.8 Å². The van der Waals surface area contributed by atoms with Gasteiger partial charge in [-0.3, -0.25) is 4.72 Å². The first-order chi connectivity index (χ1) is 5.77. The maximum atomic E-state index is 4.31. The van der Waals surface area contributed by atoms with Gasteiger partial charge < -0.3 is 0 Å². The molecule has 0 aliphatic carbocycles. The highest BCUT2D eigenvalue weighted by Gasteiger charge is 1.90. The van der Waals surface area contributed by atoms with Crippen molar-refractivity contribution in [3.63, 3.8) is 0 Å². The molecule has 0 saturated carbocycles. The summed E-state index contributed by atoms with van der Waals surface area (Å²) in [6.07, 6.45) is 10.4. The molecular weight excluding hydrogens is 186 g/mol. The fourth-order valence-corrected chi connectivity index (χ4v) is 1.93. The van der Waals surface area contributed by atoms with Crippen LogP contribution in [0.25, 0.3) is 0 Å². The van der Waals surface area contributed by atoms with Crippen LogP contribution in [0.4, 0.5) is 0 Å². The largest absolute Gasteiger partial charge is 0.275 e. The van der Waals surface area contributed by atoms with Crippen LogP contribution in [-0.2, 0) is 0 Å². The van der Waals surface area contributed by atoms with Crippen molar-refractivity contribution in [2.45, 2.75) is 45.4 Å². The molecule has 0 aliphatic rings. The summed E-state index contributed by atoms with van der Waals surface area (Å²) in [4.78, 5) is 0. The molecule has 0 bridgehead atoms. The van der Waals surface area contributed by atoms with E-state index in [0.717, 1.165) is 6.54 Å². The summed E-state index contributed by atoms with van der Waals surface area (Å²) in [6, 6.07) is 0. The van der Waals surface area contributed by atoms with Gasteiger partial charge in [0.1, 0.15) is 0 Å². The average molecular weight is 209 g/mol. The van der Waals surface area contributed by atoms with Gasteiger partial charge in [0.15, 0.2) is 0 Å². The van der Waals surface area contributed by atoms with E-state index in [9.17, 15) is 0 Å². The lowest BCUT2D eigenvalue weighted by Gasteiger charge is -2.09. The van der Waals surface area contributed by atoms with Crippen LogP contribution in [0.5, 0.6) is 0 Å². The first-order valence-electron chi connectivity index (χ1n) is 4.93. The van der Waals surface area contributed by atoms with E-state index >= 15 is 0 Å². The number of hydrogen-bond donors (Lipinski definition) is 3. The molecule has 76 valence electrons. The standard InChI is InChI=1S/C9H23NS2/c1-3-4-5-6-7-8-9-10-12(2)11/h10-12H,3-9H2,1-2H3. The lowest BCUT2D eigenvalue weighted by Crippen LogP contribution is -2.07. The molecule has 3 heteroatoms. The molecule has 0 amide bonds. The molecule has 1 nitrogen and oxygen atoms in total. The van der Waals surface area contributed by atoms with Gasteiger partial charge in [0, 0.05) is 6.54 Å². The predicted molar refractivity (Wildman–Crippen MR) is 65.3 cm³/mol. The fourth-order valence-electron chi connectivity index (χ4n) is 1.15. The fraction of sp³-hybridized carbons (Fsp3) is 1.00. The number of rotatable bonds is 8. The summed E-state index contributed by atoms with van der Waals surface area (Å²) in [5.74, 6) is 0. The van der Waals surface area contributed by atoms with Gasteiger partial charge in [-0.2, -0.15) is 10.1 Å². The Bertz CT molecular complexity index is 86.6. The molecule has 1 N–H and O–H groups in total. The molecule has 1 atom stereocenters. The number of thiol groups is 2. The Labute approximate surface area is 85.0 Å². The van der Waals surface area contributed by atoms with Crippen molar-refractivity contribution in [2.24, 2.45) is 0 Å². The molecule has 0 rings (SSSR count). The zero-order valence-corrected chi connectivity index (χ0v) is 10.1. The van der Waals surface area contributed by atoms with Gasteiger partial charge in [-0.05, 0) is 12.7 Å². The third kappa shape index (κ3) is 10.7. The molecule has 0 aromatic rings. The van der Waals surface area contributed by atoms with E-state index in [1.165, 1.54) is 38.5 Å². The molecule has 0 saturated heterocycles. The number of nitrogens with one attached hydrogen (secondary N) is 1. The van der Waals surface area contributed by atoms with Crippen molar-refractivity contribution >= 4 is 21.8 Å². The highest BCUT2D eigenvalue weighted by molar-refractivity contribution is 8.77. The first kappa shape index (κ1) is 12.7. The second kappa shape index (κ2) is 9.75. The van der Waals surface area contributed by atoms with Gasteiger partial charge >= 0.3 is 0 Å². The SMILES string of the molecule is CCCCCCCCN[SH](C)S. The lowest BCUT2D eigenvalue weighted by atomic mass is 10.1. The van der Waals surface area contributed by atoms with Crippen molar-refractivity contribution in [3.05, 3.63) is 0 Å². The van der Waals surface area contributed by atoms with Crippen molar-refractivity contribution in [1.82, 2.24) is 4.72 Å². The summed E-state index contributed by atoms with van der Waals surface area (Å²) in [5.41, 5.74) is 0. The van der Waals surface area contributed by atoms with Gasteiger partial charge in [-0.1, -0.05) is 39.0 Å². The predicted octanol–water partition coefficient (Wildman–Crippen LogP) is 3.33. The second-order valence-corrected chi connectivity index (χ2v) is 6.36. The Balaban J connectivity index is 2.82. The molecule has 12 heavy (non-hydrogen) atoms. The van der Waals surface area contributed by atoms with Crippen LogP contribution in [0.15, 0.2) is 0 Å². The van der Waals surface area contributed by atoms with Crippen LogP contribution in [0.1, 0.15) is 45.4 Å². The zero-order valence-electron chi connectivity index (χ0n) is 8.34. The molecule has 0 aromatic heterocycles. The summed E-state index contributed by atoms with van der Waals surface area (Å²) in [6.45, 7) is 3.41. The Morgan fingerprint density at radius 1 is 1.08 bits per heavy atom. The Morgan fingerprint density at radius 2 is 1.67 bits per heavy atom. The van der Waals surface area contributed by atoms with Crippen LogP contribution in [0.2, 0.25) is 0 Å². The van der Waals surface area contributed by atoms with E-state index < -0.39 is 0 Å². The Hall–Kier alpha value is 0.660. The van der Waals surface area contributed by atoms with Crippen LogP contribution in [0, 0.1) is 0 Å². The van der Waals surface area contributed by atoms with Crippen LogP contribution >= 0.6 is 21.8 Å². The van der Waals surface area contributed by atoms with Crippen LogP contribution in [0.3, 0.4) is 0 Å². The van der Waals surface area contributed by atoms with E-state index in [1.807, 2.05) is 0 Å². The summed E-state index contributed by atoms with van der Waals surface area (Å²) >= 11 is 4.31. The molecule has 0 aromatic carbocycles. The van der Waals surface area contributed by atoms with E-state index in [4.69, 9.17) is 0 Å².